The molecule has 0 aliphatic rings. The molecule has 1 aromatic carbocycles. The first kappa shape index (κ1) is 19.6. The Hall–Kier alpha value is -2.74. The molecule has 0 aliphatic carbocycles. The van der Waals surface area contributed by atoms with Gasteiger partial charge in [-0.2, -0.15) is 0 Å². The van der Waals surface area contributed by atoms with Crippen molar-refractivity contribution >= 4 is 33.7 Å². The van der Waals surface area contributed by atoms with Crippen molar-refractivity contribution < 1.29 is 29.3 Å². The van der Waals surface area contributed by atoms with Crippen LogP contribution in [0.1, 0.15) is 56.5 Å². The number of hydrogen-bond acceptors (Lipinski definition) is 5. The monoisotopic (exact) mass is 421 g/mol. The van der Waals surface area contributed by atoms with Crippen molar-refractivity contribution in [1.82, 2.24) is 4.98 Å². The van der Waals surface area contributed by atoms with E-state index in [2.05, 4.69) is 20.9 Å². The van der Waals surface area contributed by atoms with Gasteiger partial charge in [0, 0.05) is 10.0 Å². The van der Waals surface area contributed by atoms with E-state index in [0.717, 1.165) is 17.0 Å². The van der Waals surface area contributed by atoms with Crippen molar-refractivity contribution in [3.63, 3.8) is 0 Å². The molecule has 0 bridgehead atoms. The summed E-state index contributed by atoms with van der Waals surface area (Å²) in [6.45, 7) is 2.15. The first-order valence-electron chi connectivity index (χ1n) is 7.79. The molecule has 0 saturated heterocycles. The number of nitrogens with zero attached hydrogens (tertiary/aromatic N) is 1. The van der Waals surface area contributed by atoms with Crippen LogP contribution in [0, 0.1) is 0 Å². The quantitative estimate of drug-likeness (QED) is 0.493. The summed E-state index contributed by atoms with van der Waals surface area (Å²) >= 11 is 3.25. The minimum atomic E-state index is -1.44. The van der Waals surface area contributed by atoms with Crippen LogP contribution in [0.15, 0.2) is 34.8 Å². The normalized spacial score (nSPS) is 10.4. The highest BCUT2D eigenvalue weighted by atomic mass is 79.9. The lowest BCUT2D eigenvalue weighted by Crippen LogP contribution is -2.17. The fourth-order valence-corrected chi connectivity index (χ4v) is 2.41. The number of pyridine rings is 1. The van der Waals surface area contributed by atoms with Crippen molar-refractivity contribution in [2.75, 3.05) is 6.61 Å². The number of carbonyl (C=O) groups excluding carboxylic acids is 1. The van der Waals surface area contributed by atoms with Crippen molar-refractivity contribution in [3.05, 3.63) is 57.2 Å². The van der Waals surface area contributed by atoms with Gasteiger partial charge in [-0.25, -0.2) is 14.6 Å². The van der Waals surface area contributed by atoms with Crippen molar-refractivity contribution in [3.8, 4) is 5.88 Å². The molecule has 2 rings (SSSR count). The first-order valence-corrected chi connectivity index (χ1v) is 8.59. The van der Waals surface area contributed by atoms with Gasteiger partial charge in [0.1, 0.15) is 11.3 Å². The van der Waals surface area contributed by atoms with E-state index in [0.29, 0.717) is 6.42 Å². The summed E-state index contributed by atoms with van der Waals surface area (Å²) in [5.41, 5.74) is -1.02. The Morgan fingerprint density at radius 2 is 1.69 bits per heavy atom. The highest BCUT2D eigenvalue weighted by Gasteiger charge is 2.26. The third kappa shape index (κ3) is 4.45. The van der Waals surface area contributed by atoms with Gasteiger partial charge in [0.2, 0.25) is 11.7 Å². The summed E-state index contributed by atoms with van der Waals surface area (Å²) in [7, 11) is 0. The Labute approximate surface area is 157 Å². The average Bonchev–Trinajstić information content (AvgIpc) is 2.61. The number of rotatable bonds is 8. The van der Waals surface area contributed by atoms with Crippen LogP contribution in [0.3, 0.4) is 0 Å². The molecule has 136 valence electrons. The summed E-state index contributed by atoms with van der Waals surface area (Å²) in [4.78, 5) is 39.6. The van der Waals surface area contributed by atoms with Gasteiger partial charge in [0.15, 0.2) is 0 Å². The van der Waals surface area contributed by atoms with E-state index in [1.807, 2.05) is 6.92 Å². The minimum absolute atomic E-state index is 0.210. The van der Waals surface area contributed by atoms with Gasteiger partial charge in [-0.3, -0.25) is 4.79 Å². The number of aromatic carboxylic acids is 2. The summed E-state index contributed by atoms with van der Waals surface area (Å²) in [6, 6.07) is 7.21. The summed E-state index contributed by atoms with van der Waals surface area (Å²) < 4.78 is 6.13. The van der Waals surface area contributed by atoms with Gasteiger partial charge >= 0.3 is 11.9 Å². The predicted octanol–water partition coefficient (Wildman–Crippen LogP) is 3.65. The molecule has 1 heterocycles. The van der Waals surface area contributed by atoms with Gasteiger partial charge in [-0.15, -0.1) is 0 Å². The van der Waals surface area contributed by atoms with Crippen LogP contribution < -0.4 is 4.74 Å². The Balaban J connectivity index is 2.56. The maximum Gasteiger partial charge on any atom is 0.341 e. The van der Waals surface area contributed by atoms with Crippen LogP contribution in [0.5, 0.6) is 5.88 Å². The van der Waals surface area contributed by atoms with Crippen LogP contribution in [0.4, 0.5) is 0 Å². The molecule has 0 amide bonds. The van der Waals surface area contributed by atoms with Crippen LogP contribution in [-0.4, -0.2) is 39.5 Å². The number of aromatic nitrogens is 1. The van der Waals surface area contributed by atoms with Crippen LogP contribution in [0.2, 0.25) is 0 Å². The molecule has 0 fully saturated rings. The molecule has 7 nitrogen and oxygen atoms in total. The minimum Gasteiger partial charge on any atom is -0.478 e. The van der Waals surface area contributed by atoms with Crippen LogP contribution in [0.25, 0.3) is 0 Å². The molecule has 1 aromatic heterocycles. The van der Waals surface area contributed by atoms with Crippen molar-refractivity contribution in [1.29, 1.82) is 0 Å². The first-order chi connectivity index (χ1) is 12.3. The SMILES string of the molecule is CCCCOc1nc(C(=O)c2ccc(Br)cc2)c(C(=O)O)cc1C(=O)O. The molecule has 0 unspecified atom stereocenters. The molecule has 0 saturated carbocycles. The maximum absolute atomic E-state index is 12.7. The third-order valence-electron chi connectivity index (χ3n) is 3.51. The Bertz CT molecular complexity index is 848. The van der Waals surface area contributed by atoms with E-state index in [-0.39, 0.29) is 23.7 Å². The summed E-state index contributed by atoms with van der Waals surface area (Å²) in [6.07, 6.45) is 1.48. The van der Waals surface area contributed by atoms with Crippen molar-refractivity contribution in [2.45, 2.75) is 19.8 Å². The van der Waals surface area contributed by atoms with Crippen LogP contribution in [-0.2, 0) is 0 Å². The zero-order valence-electron chi connectivity index (χ0n) is 13.9. The Kier molecular flexibility index (Phi) is 6.46. The molecule has 0 aliphatic heterocycles. The van der Waals surface area contributed by atoms with Gasteiger partial charge in [-0.1, -0.05) is 29.3 Å². The lowest BCUT2D eigenvalue weighted by Gasteiger charge is -2.12. The van der Waals surface area contributed by atoms with Crippen LogP contribution >= 0.6 is 15.9 Å². The second-order valence-electron chi connectivity index (χ2n) is 5.39. The zero-order valence-corrected chi connectivity index (χ0v) is 15.4. The third-order valence-corrected chi connectivity index (χ3v) is 4.04. The average molecular weight is 422 g/mol. The number of ketones is 1. The van der Waals surface area contributed by atoms with Crippen molar-refractivity contribution in [2.24, 2.45) is 0 Å². The lowest BCUT2D eigenvalue weighted by atomic mass is 10.0. The lowest BCUT2D eigenvalue weighted by molar-refractivity contribution is 0.0689. The number of carbonyl (C=O) groups is 3. The second-order valence-corrected chi connectivity index (χ2v) is 6.30. The number of benzene rings is 1. The van der Waals surface area contributed by atoms with E-state index >= 15 is 0 Å². The Morgan fingerprint density at radius 1 is 1.08 bits per heavy atom. The predicted molar refractivity (Wildman–Crippen MR) is 96.1 cm³/mol. The largest absolute Gasteiger partial charge is 0.478 e. The second kappa shape index (κ2) is 8.57. The van der Waals surface area contributed by atoms with Gasteiger partial charge in [0.05, 0.1) is 12.2 Å². The summed E-state index contributed by atoms with van der Waals surface area (Å²) in [5.74, 6) is -3.72. The highest BCUT2D eigenvalue weighted by molar-refractivity contribution is 9.10. The van der Waals surface area contributed by atoms with E-state index in [1.54, 1.807) is 12.1 Å². The highest BCUT2D eigenvalue weighted by Crippen LogP contribution is 2.23. The Morgan fingerprint density at radius 3 is 2.23 bits per heavy atom. The smallest absolute Gasteiger partial charge is 0.341 e. The van der Waals surface area contributed by atoms with Gasteiger partial charge in [-0.05, 0) is 36.8 Å². The number of hydrogen-bond donors (Lipinski definition) is 2. The van der Waals surface area contributed by atoms with Gasteiger partial charge in [0.25, 0.3) is 0 Å². The van der Waals surface area contributed by atoms with E-state index in [9.17, 15) is 24.6 Å². The maximum atomic E-state index is 12.7. The molecule has 8 heteroatoms. The molecule has 0 spiro atoms. The van der Waals surface area contributed by atoms with Gasteiger partial charge < -0.3 is 14.9 Å². The molecular weight excluding hydrogens is 406 g/mol. The molecule has 2 N–H and O–H groups in total. The fourth-order valence-electron chi connectivity index (χ4n) is 2.15. The zero-order chi connectivity index (χ0) is 19.3. The molecule has 2 aromatic rings. The number of carboxylic acid groups (broad SMARTS) is 2. The molecule has 0 radical (unpaired) electrons. The number of carboxylic acids is 2. The number of unbranched alkanes of at least 4 members (excludes halogenated alkanes) is 1. The standard InChI is InChI=1S/C18H16BrNO6/c1-2-3-8-26-16-13(18(24)25)9-12(17(22)23)14(20-16)15(21)10-4-6-11(19)7-5-10/h4-7,9H,2-3,8H2,1H3,(H,22,23)(H,24,25). The van der Waals surface area contributed by atoms with E-state index < -0.39 is 28.8 Å². The van der Waals surface area contributed by atoms with E-state index in [4.69, 9.17) is 4.74 Å². The molecule has 26 heavy (non-hydrogen) atoms. The number of halogens is 1. The number of ether oxygens (including phenoxy) is 1. The topological polar surface area (TPSA) is 114 Å². The van der Waals surface area contributed by atoms with E-state index in [1.165, 1.54) is 12.1 Å². The summed E-state index contributed by atoms with van der Waals surface area (Å²) in [5, 5.41) is 18.7. The molecular formula is C18H16BrNO6. The molecule has 0 atom stereocenters. The fraction of sp³-hybridized carbons (Fsp3) is 0.222.